The molecule has 70 heavy (non-hydrogen) atoms. The van der Waals surface area contributed by atoms with Crippen LogP contribution in [0, 0.1) is 5.41 Å². The average molecular weight is 995 g/mol. The summed E-state index contributed by atoms with van der Waals surface area (Å²) in [5, 5.41) is 10.7. The molecule has 0 heterocycles. The second-order valence-corrected chi connectivity index (χ2v) is 19.0. The molecule has 1 N–H and O–H groups in total. The van der Waals surface area contributed by atoms with Crippen molar-refractivity contribution in [3.8, 4) is 0 Å². The standard InChI is InChI=1S/C57H102O13/c1-5-9-13-17-21-25-33-43-64-51(59)37-29-27-31-39-53(61)68-48-57(47-58,49-69-54(62)40-32-28-30-38-52(60)65-44-34-26-22-18-14-10-6-2)50-70-55(63)41-42-56(66-45-35-23-19-15-11-7-3)67-46-36-24-20-16-12-8-4/h21-22,25-26,56,58H,5-20,23-24,27-50H2,1-4H3/b25-21-,26-22-. The summed E-state index contributed by atoms with van der Waals surface area (Å²) in [4.78, 5) is 63.3. The SMILES string of the molecule is CCCCC/C=C\CCOC(=O)CCCCCC(=O)OCC(CO)(COC(=O)CCCCCC(=O)OCC/C=C\CCCCC)COC(=O)CCC(OCCCCCCCC)OCCCCCCCC. The largest absolute Gasteiger partial charge is 0.465 e. The van der Waals surface area contributed by atoms with Gasteiger partial charge in [0.15, 0.2) is 6.29 Å². The molecule has 0 aliphatic heterocycles. The maximum absolute atomic E-state index is 13.2. The van der Waals surface area contributed by atoms with Crippen molar-refractivity contribution in [1.29, 1.82) is 0 Å². The first-order chi connectivity index (χ1) is 34.1. The van der Waals surface area contributed by atoms with Crippen LogP contribution in [0.2, 0.25) is 0 Å². The van der Waals surface area contributed by atoms with Crippen molar-refractivity contribution < 1.29 is 62.2 Å². The third-order valence-corrected chi connectivity index (χ3v) is 12.0. The molecule has 0 unspecified atom stereocenters. The summed E-state index contributed by atoms with van der Waals surface area (Å²) in [5.74, 6) is -2.10. The Bertz CT molecular complexity index is 1230. The molecule has 0 fully saturated rings. The van der Waals surface area contributed by atoms with E-state index in [2.05, 4.69) is 39.8 Å². The van der Waals surface area contributed by atoms with Gasteiger partial charge in [0.2, 0.25) is 0 Å². The number of rotatable bonds is 52. The van der Waals surface area contributed by atoms with E-state index in [-0.39, 0.29) is 63.9 Å². The molecule has 0 amide bonds. The lowest BCUT2D eigenvalue weighted by Crippen LogP contribution is -2.42. The van der Waals surface area contributed by atoms with E-state index in [9.17, 15) is 29.1 Å². The minimum Gasteiger partial charge on any atom is -0.465 e. The Balaban J connectivity index is 5.22. The van der Waals surface area contributed by atoms with E-state index in [1.807, 2.05) is 12.2 Å². The highest BCUT2D eigenvalue weighted by Crippen LogP contribution is 2.22. The van der Waals surface area contributed by atoms with Crippen LogP contribution in [0.25, 0.3) is 0 Å². The van der Waals surface area contributed by atoms with Crippen LogP contribution in [0.4, 0.5) is 0 Å². The first-order valence-corrected chi connectivity index (χ1v) is 28.1. The summed E-state index contributed by atoms with van der Waals surface area (Å²) in [7, 11) is 0. The molecule has 0 aliphatic carbocycles. The van der Waals surface area contributed by atoms with Gasteiger partial charge in [0.25, 0.3) is 0 Å². The second-order valence-electron chi connectivity index (χ2n) is 19.0. The number of hydrogen-bond donors (Lipinski definition) is 1. The monoisotopic (exact) mass is 995 g/mol. The van der Waals surface area contributed by atoms with Gasteiger partial charge in [0.05, 0.1) is 31.7 Å². The maximum Gasteiger partial charge on any atom is 0.306 e. The van der Waals surface area contributed by atoms with Gasteiger partial charge in [-0.2, -0.15) is 0 Å². The fourth-order valence-corrected chi connectivity index (χ4v) is 7.38. The first kappa shape index (κ1) is 66.7. The van der Waals surface area contributed by atoms with Gasteiger partial charge in [0.1, 0.15) is 19.8 Å². The minimum atomic E-state index is -1.40. The van der Waals surface area contributed by atoms with E-state index in [1.54, 1.807) is 0 Å². The molecule has 0 saturated heterocycles. The molecule has 13 heteroatoms. The third kappa shape index (κ3) is 44.6. The second kappa shape index (κ2) is 50.6. The number of carbonyl (C=O) groups is 5. The zero-order chi connectivity index (χ0) is 51.4. The number of esters is 5. The van der Waals surface area contributed by atoms with Crippen molar-refractivity contribution in [3.63, 3.8) is 0 Å². The smallest absolute Gasteiger partial charge is 0.306 e. The Hall–Kier alpha value is -3.29. The highest BCUT2D eigenvalue weighted by Gasteiger charge is 2.35. The maximum atomic E-state index is 13.2. The molecule has 0 saturated carbocycles. The van der Waals surface area contributed by atoms with Gasteiger partial charge in [-0.05, 0) is 77.0 Å². The minimum absolute atomic E-state index is 0.00613. The van der Waals surface area contributed by atoms with E-state index in [4.69, 9.17) is 33.2 Å². The Kier molecular flexibility index (Phi) is 48.3. The molecule has 13 nitrogen and oxygen atoms in total. The normalized spacial score (nSPS) is 11.7. The van der Waals surface area contributed by atoms with Crippen LogP contribution in [-0.4, -0.2) is 94.1 Å². The van der Waals surface area contributed by atoms with Crippen LogP contribution in [-0.2, 0) is 57.1 Å². The summed E-state index contributed by atoms with van der Waals surface area (Å²) in [6.07, 6.45) is 36.3. The number of carbonyl (C=O) groups excluding carboxylic acids is 5. The number of unbranched alkanes of at least 4 members (excludes halogenated alkanes) is 20. The first-order valence-electron chi connectivity index (χ1n) is 28.1. The molecular weight excluding hydrogens is 893 g/mol. The molecule has 0 spiro atoms. The molecule has 0 radical (unpaired) electrons. The number of hydrogen-bond acceptors (Lipinski definition) is 13. The number of ether oxygens (including phenoxy) is 7. The van der Waals surface area contributed by atoms with Gasteiger partial charge < -0.3 is 38.3 Å². The highest BCUT2D eigenvalue weighted by atomic mass is 16.7. The fraction of sp³-hybridized carbons (Fsp3) is 0.842. The topological polar surface area (TPSA) is 170 Å². The molecule has 0 bridgehead atoms. The summed E-state index contributed by atoms with van der Waals surface area (Å²) < 4.78 is 39.7. The van der Waals surface area contributed by atoms with Crippen LogP contribution < -0.4 is 0 Å². The zero-order valence-corrected chi connectivity index (χ0v) is 44.9. The Morgan fingerprint density at radius 2 is 0.686 bits per heavy atom. The Labute approximate surface area is 425 Å². The number of aliphatic hydroxyl groups excluding tert-OH is 1. The van der Waals surface area contributed by atoms with Crippen molar-refractivity contribution in [2.24, 2.45) is 5.41 Å². The fourth-order valence-electron chi connectivity index (χ4n) is 7.38. The van der Waals surface area contributed by atoms with Crippen molar-refractivity contribution in [1.82, 2.24) is 0 Å². The van der Waals surface area contributed by atoms with Gasteiger partial charge in [-0.3, -0.25) is 24.0 Å². The summed E-state index contributed by atoms with van der Waals surface area (Å²) in [6.45, 7) is 8.91. The van der Waals surface area contributed by atoms with Crippen molar-refractivity contribution in [2.75, 3.05) is 52.9 Å². The number of aliphatic hydroxyl groups is 1. The molecule has 0 aromatic rings. The molecule has 0 aromatic heterocycles. The van der Waals surface area contributed by atoms with Crippen LogP contribution in [0.1, 0.15) is 246 Å². The van der Waals surface area contributed by atoms with Crippen LogP contribution >= 0.6 is 0 Å². The van der Waals surface area contributed by atoms with Crippen LogP contribution in [0.3, 0.4) is 0 Å². The molecule has 0 aliphatic rings. The summed E-state index contributed by atoms with van der Waals surface area (Å²) >= 11 is 0. The van der Waals surface area contributed by atoms with Gasteiger partial charge in [-0.25, -0.2) is 0 Å². The van der Waals surface area contributed by atoms with Crippen LogP contribution in [0.15, 0.2) is 24.3 Å². The van der Waals surface area contributed by atoms with E-state index >= 15 is 0 Å². The quantitative estimate of drug-likeness (QED) is 0.0201. The zero-order valence-electron chi connectivity index (χ0n) is 44.9. The van der Waals surface area contributed by atoms with E-state index < -0.39 is 36.2 Å². The van der Waals surface area contributed by atoms with Gasteiger partial charge in [-0.1, -0.05) is 155 Å². The van der Waals surface area contributed by atoms with Gasteiger partial charge >= 0.3 is 29.8 Å². The van der Waals surface area contributed by atoms with E-state index in [1.165, 1.54) is 77.0 Å². The van der Waals surface area contributed by atoms with Gasteiger partial charge in [0, 0.05) is 45.3 Å². The van der Waals surface area contributed by atoms with Crippen molar-refractivity contribution in [2.45, 2.75) is 252 Å². The van der Waals surface area contributed by atoms with Crippen LogP contribution in [0.5, 0.6) is 0 Å². The predicted molar refractivity (Wildman–Crippen MR) is 278 cm³/mol. The molecule has 0 rings (SSSR count). The van der Waals surface area contributed by atoms with Crippen molar-refractivity contribution in [3.05, 3.63) is 24.3 Å². The molecule has 0 aromatic carbocycles. The lowest BCUT2D eigenvalue weighted by Gasteiger charge is -2.30. The third-order valence-electron chi connectivity index (χ3n) is 12.0. The Morgan fingerprint density at radius 3 is 1.07 bits per heavy atom. The number of allylic oxidation sites excluding steroid dienone is 2. The summed E-state index contributed by atoms with van der Waals surface area (Å²) in [6, 6.07) is 0. The van der Waals surface area contributed by atoms with Gasteiger partial charge in [-0.15, -0.1) is 0 Å². The predicted octanol–water partition coefficient (Wildman–Crippen LogP) is 13.5. The lowest BCUT2D eigenvalue weighted by atomic mass is 9.92. The molecule has 408 valence electrons. The Morgan fingerprint density at radius 1 is 0.371 bits per heavy atom. The van der Waals surface area contributed by atoms with E-state index in [0.717, 1.165) is 51.4 Å². The van der Waals surface area contributed by atoms with Crippen molar-refractivity contribution >= 4 is 29.8 Å². The summed E-state index contributed by atoms with van der Waals surface area (Å²) in [5.41, 5.74) is -1.40. The highest BCUT2D eigenvalue weighted by molar-refractivity contribution is 5.71. The average Bonchev–Trinajstić information content (AvgIpc) is 3.36. The molecule has 0 atom stereocenters. The molecular formula is C57H102O13. The lowest BCUT2D eigenvalue weighted by molar-refractivity contribution is -0.169. The van der Waals surface area contributed by atoms with E-state index in [0.29, 0.717) is 84.2 Å².